The van der Waals surface area contributed by atoms with Crippen molar-refractivity contribution in [3.05, 3.63) is 29.5 Å². The van der Waals surface area contributed by atoms with Gasteiger partial charge in [-0.15, -0.1) is 0 Å². The van der Waals surface area contributed by atoms with Crippen LogP contribution in [0.15, 0.2) is 18.2 Å². The van der Waals surface area contributed by atoms with Crippen molar-refractivity contribution in [2.75, 3.05) is 12.3 Å². The summed E-state index contributed by atoms with van der Waals surface area (Å²) < 4.78 is 44.0. The number of benzene rings is 1. The molecule has 0 aliphatic heterocycles. The van der Waals surface area contributed by atoms with Crippen LogP contribution in [0.2, 0.25) is 0 Å². The van der Waals surface area contributed by atoms with Crippen molar-refractivity contribution in [1.82, 2.24) is 4.98 Å². The third kappa shape index (κ3) is 2.64. The van der Waals surface area contributed by atoms with Crippen LogP contribution in [0, 0.1) is 6.92 Å². The molecule has 0 aliphatic rings. The summed E-state index contributed by atoms with van der Waals surface area (Å²) in [6.45, 7) is 3.83. The number of fused-ring (bicyclic) bond motifs is 1. The van der Waals surface area contributed by atoms with Gasteiger partial charge in [-0.2, -0.15) is 13.2 Å². The molecule has 0 bridgehead atoms. The number of anilines is 1. The Morgan fingerprint density at radius 2 is 2.00 bits per heavy atom. The van der Waals surface area contributed by atoms with E-state index < -0.39 is 11.9 Å². The largest absolute Gasteiger partial charge is 0.494 e. The lowest BCUT2D eigenvalue weighted by Crippen LogP contribution is -2.12. The zero-order chi connectivity index (χ0) is 14.9. The second-order valence-corrected chi connectivity index (χ2v) is 4.52. The zero-order valence-corrected chi connectivity index (χ0v) is 11.2. The van der Waals surface area contributed by atoms with Crippen molar-refractivity contribution in [3.63, 3.8) is 0 Å². The van der Waals surface area contributed by atoms with Gasteiger partial charge in [0.15, 0.2) is 0 Å². The van der Waals surface area contributed by atoms with Crippen LogP contribution < -0.4 is 10.5 Å². The monoisotopic (exact) mass is 284 g/mol. The highest BCUT2D eigenvalue weighted by Gasteiger charge is 2.35. The fourth-order valence-electron chi connectivity index (χ4n) is 1.95. The second-order valence-electron chi connectivity index (χ2n) is 4.52. The predicted molar refractivity (Wildman–Crippen MR) is 71.7 cm³/mol. The van der Waals surface area contributed by atoms with Gasteiger partial charge in [-0.1, -0.05) is 6.92 Å². The van der Waals surface area contributed by atoms with E-state index in [4.69, 9.17) is 10.5 Å². The van der Waals surface area contributed by atoms with E-state index in [0.717, 1.165) is 6.42 Å². The highest BCUT2D eigenvalue weighted by molar-refractivity contribution is 5.93. The van der Waals surface area contributed by atoms with E-state index in [1.165, 1.54) is 13.0 Å². The maximum atomic E-state index is 12.9. The number of halogens is 3. The Morgan fingerprint density at radius 1 is 1.30 bits per heavy atom. The number of hydrogen-bond donors (Lipinski definition) is 1. The van der Waals surface area contributed by atoms with Gasteiger partial charge in [0.1, 0.15) is 11.4 Å². The molecule has 2 aromatic rings. The lowest BCUT2D eigenvalue weighted by atomic mass is 10.1. The summed E-state index contributed by atoms with van der Waals surface area (Å²) in [5.41, 5.74) is 5.12. The smallest absolute Gasteiger partial charge is 0.433 e. The summed E-state index contributed by atoms with van der Waals surface area (Å²) in [5, 5.41) is 0.476. The van der Waals surface area contributed by atoms with E-state index in [-0.39, 0.29) is 16.8 Å². The lowest BCUT2D eigenvalue weighted by molar-refractivity contribution is -0.141. The number of nitrogens with two attached hydrogens (primary N) is 1. The Balaban J connectivity index is 2.58. The Bertz CT molecular complexity index is 638. The van der Waals surface area contributed by atoms with Gasteiger partial charge in [-0.3, -0.25) is 0 Å². The molecule has 0 fully saturated rings. The molecular formula is C14H15F3N2O. The molecule has 0 spiro atoms. The number of pyridine rings is 1. The predicted octanol–water partition coefficient (Wildman–Crippen LogP) is 3.93. The first-order valence-corrected chi connectivity index (χ1v) is 6.24. The van der Waals surface area contributed by atoms with Crippen LogP contribution in [0.25, 0.3) is 10.9 Å². The first-order valence-electron chi connectivity index (χ1n) is 6.24. The second kappa shape index (κ2) is 5.19. The molecule has 0 amide bonds. The SMILES string of the molecule is CCCOc1ccc2nc(C(F)(F)F)c(C)c(N)c2c1. The molecule has 0 saturated carbocycles. The molecular weight excluding hydrogens is 269 g/mol. The van der Waals surface area contributed by atoms with Crippen LogP contribution in [0.4, 0.5) is 18.9 Å². The summed E-state index contributed by atoms with van der Waals surface area (Å²) in [6.07, 6.45) is -3.67. The minimum Gasteiger partial charge on any atom is -0.494 e. The molecule has 2 N–H and O–H groups in total. The molecule has 0 radical (unpaired) electrons. The molecule has 20 heavy (non-hydrogen) atoms. The molecule has 0 aliphatic carbocycles. The Morgan fingerprint density at radius 3 is 2.60 bits per heavy atom. The van der Waals surface area contributed by atoms with Crippen LogP contribution in [0.1, 0.15) is 24.6 Å². The maximum Gasteiger partial charge on any atom is 0.433 e. The van der Waals surface area contributed by atoms with E-state index in [1.54, 1.807) is 12.1 Å². The van der Waals surface area contributed by atoms with E-state index in [2.05, 4.69) is 4.98 Å². The van der Waals surface area contributed by atoms with Crippen LogP contribution >= 0.6 is 0 Å². The van der Waals surface area contributed by atoms with E-state index in [9.17, 15) is 13.2 Å². The van der Waals surface area contributed by atoms with Gasteiger partial charge in [-0.25, -0.2) is 4.98 Å². The lowest BCUT2D eigenvalue weighted by Gasteiger charge is -2.14. The van der Waals surface area contributed by atoms with E-state index in [1.807, 2.05) is 6.92 Å². The summed E-state index contributed by atoms with van der Waals surface area (Å²) in [6, 6.07) is 4.71. The van der Waals surface area contributed by atoms with E-state index in [0.29, 0.717) is 17.7 Å². The van der Waals surface area contributed by atoms with Crippen molar-refractivity contribution in [2.45, 2.75) is 26.4 Å². The van der Waals surface area contributed by atoms with Gasteiger partial charge < -0.3 is 10.5 Å². The van der Waals surface area contributed by atoms with Crippen molar-refractivity contribution in [1.29, 1.82) is 0 Å². The summed E-state index contributed by atoms with van der Waals surface area (Å²) in [7, 11) is 0. The van der Waals surface area contributed by atoms with Gasteiger partial charge in [0, 0.05) is 16.6 Å². The van der Waals surface area contributed by atoms with Crippen molar-refractivity contribution >= 4 is 16.6 Å². The molecule has 0 unspecified atom stereocenters. The molecule has 6 heteroatoms. The summed E-state index contributed by atoms with van der Waals surface area (Å²) >= 11 is 0. The fraction of sp³-hybridized carbons (Fsp3) is 0.357. The number of ether oxygens (including phenoxy) is 1. The van der Waals surface area contributed by atoms with Crippen LogP contribution in [-0.2, 0) is 6.18 Å². The Kier molecular flexibility index (Phi) is 3.74. The molecule has 2 rings (SSSR count). The standard InChI is InChI=1S/C14H15F3N2O/c1-3-6-20-9-4-5-11-10(7-9)12(18)8(2)13(19-11)14(15,16)17/h4-5,7H,3,6H2,1-2H3,(H2,18,19). The highest BCUT2D eigenvalue weighted by atomic mass is 19.4. The van der Waals surface area contributed by atoms with Crippen LogP contribution in [0.3, 0.4) is 0 Å². The molecule has 0 saturated heterocycles. The van der Waals surface area contributed by atoms with Crippen LogP contribution in [-0.4, -0.2) is 11.6 Å². The van der Waals surface area contributed by atoms with Crippen LogP contribution in [0.5, 0.6) is 5.75 Å². The summed E-state index contributed by atoms with van der Waals surface area (Å²) in [5.74, 6) is 0.576. The van der Waals surface area contributed by atoms with Gasteiger partial charge in [0.25, 0.3) is 0 Å². The molecule has 0 atom stereocenters. The summed E-state index contributed by atoms with van der Waals surface area (Å²) in [4.78, 5) is 3.67. The van der Waals surface area contributed by atoms with Gasteiger partial charge in [0.2, 0.25) is 0 Å². The molecule has 3 nitrogen and oxygen atoms in total. The average Bonchev–Trinajstić information content (AvgIpc) is 2.39. The van der Waals surface area contributed by atoms with Crippen molar-refractivity contribution in [2.24, 2.45) is 0 Å². The van der Waals surface area contributed by atoms with Gasteiger partial charge in [0.05, 0.1) is 12.1 Å². The minimum atomic E-state index is -4.51. The molecule has 1 aromatic heterocycles. The fourth-order valence-corrected chi connectivity index (χ4v) is 1.95. The quantitative estimate of drug-likeness (QED) is 0.928. The molecule has 1 heterocycles. The number of aromatic nitrogens is 1. The maximum absolute atomic E-state index is 12.9. The Labute approximate surface area is 114 Å². The van der Waals surface area contributed by atoms with Gasteiger partial charge in [-0.05, 0) is 31.5 Å². The number of nitrogen functional groups attached to an aromatic ring is 1. The zero-order valence-electron chi connectivity index (χ0n) is 11.2. The third-order valence-electron chi connectivity index (χ3n) is 2.99. The highest BCUT2D eigenvalue weighted by Crippen LogP contribution is 2.36. The minimum absolute atomic E-state index is 0.0577. The normalized spacial score (nSPS) is 11.8. The third-order valence-corrected chi connectivity index (χ3v) is 2.99. The van der Waals surface area contributed by atoms with Crippen molar-refractivity contribution in [3.8, 4) is 5.75 Å². The number of hydrogen-bond acceptors (Lipinski definition) is 3. The van der Waals surface area contributed by atoms with Gasteiger partial charge >= 0.3 is 6.18 Å². The molecule has 1 aromatic carbocycles. The first-order chi connectivity index (χ1) is 9.34. The number of alkyl halides is 3. The number of nitrogens with zero attached hydrogens (tertiary/aromatic N) is 1. The number of rotatable bonds is 3. The topological polar surface area (TPSA) is 48.1 Å². The van der Waals surface area contributed by atoms with Crippen molar-refractivity contribution < 1.29 is 17.9 Å². The Hall–Kier alpha value is -1.98. The molecule has 108 valence electrons. The first kappa shape index (κ1) is 14.4. The average molecular weight is 284 g/mol. The van der Waals surface area contributed by atoms with E-state index >= 15 is 0 Å².